The van der Waals surface area contributed by atoms with Crippen molar-refractivity contribution in [3.63, 3.8) is 0 Å². The van der Waals surface area contributed by atoms with E-state index >= 15 is 0 Å². The lowest BCUT2D eigenvalue weighted by molar-refractivity contribution is -0.125. The van der Waals surface area contributed by atoms with Crippen LogP contribution in [0.4, 0.5) is 0 Å². The van der Waals surface area contributed by atoms with Crippen LogP contribution < -0.4 is 0 Å². The van der Waals surface area contributed by atoms with Gasteiger partial charge in [-0.3, -0.25) is 4.79 Å². The molecule has 1 heterocycles. The molecule has 194 valence electrons. The number of nitrogens with zero attached hydrogens (tertiary/aromatic N) is 1. The number of carbonyl (C=O) groups excluding carboxylic acids is 1. The zero-order valence-corrected chi connectivity index (χ0v) is 22.7. The minimum atomic E-state index is 0.150. The molecule has 1 atom stereocenters. The van der Waals surface area contributed by atoms with E-state index in [-0.39, 0.29) is 5.91 Å². The molecule has 1 amide bonds. The fourth-order valence-electron chi connectivity index (χ4n) is 5.98. The number of allylic oxidation sites excluding steroid dienone is 5. The summed E-state index contributed by atoms with van der Waals surface area (Å²) >= 11 is 0. The lowest BCUT2D eigenvalue weighted by Gasteiger charge is -2.26. The quantitative estimate of drug-likeness (QED) is 0.381. The van der Waals surface area contributed by atoms with Gasteiger partial charge in [-0.1, -0.05) is 111 Å². The van der Waals surface area contributed by atoms with Gasteiger partial charge in [-0.15, -0.1) is 0 Å². The Kier molecular flexibility index (Phi) is 9.77. The average molecular weight is 494 g/mol. The van der Waals surface area contributed by atoms with Gasteiger partial charge in [0.1, 0.15) is 0 Å². The molecule has 0 aromatic heterocycles. The van der Waals surface area contributed by atoms with E-state index in [1.165, 1.54) is 36.8 Å². The number of hydrogen-bond donors (Lipinski definition) is 0. The summed E-state index contributed by atoms with van der Waals surface area (Å²) in [5.41, 5.74) is 5.92. The average Bonchev–Trinajstić information content (AvgIpc) is 3.46. The predicted molar refractivity (Wildman–Crippen MR) is 157 cm³/mol. The fourth-order valence-corrected chi connectivity index (χ4v) is 5.98. The topological polar surface area (TPSA) is 20.3 Å². The molecule has 2 aromatic rings. The maximum absolute atomic E-state index is 13.1. The van der Waals surface area contributed by atoms with Gasteiger partial charge in [0.2, 0.25) is 0 Å². The van der Waals surface area contributed by atoms with Crippen molar-refractivity contribution in [1.82, 2.24) is 4.90 Å². The van der Waals surface area contributed by atoms with E-state index in [1.807, 2.05) is 30.0 Å². The Morgan fingerprint density at radius 3 is 2.11 bits per heavy atom. The van der Waals surface area contributed by atoms with Gasteiger partial charge < -0.3 is 4.90 Å². The highest BCUT2D eigenvalue weighted by molar-refractivity contribution is 5.99. The number of carbonyl (C=O) groups is 1. The highest BCUT2D eigenvalue weighted by Gasteiger charge is 2.30. The molecular formula is C35H43NO. The van der Waals surface area contributed by atoms with Crippen LogP contribution in [0.1, 0.15) is 81.8 Å². The highest BCUT2D eigenvalue weighted by Crippen LogP contribution is 2.35. The van der Waals surface area contributed by atoms with E-state index in [1.54, 1.807) is 5.56 Å². The molecule has 0 N–H and O–H groups in total. The first-order chi connectivity index (χ1) is 18.1. The van der Waals surface area contributed by atoms with Gasteiger partial charge in [-0.2, -0.15) is 0 Å². The number of rotatable bonds is 5. The van der Waals surface area contributed by atoms with Gasteiger partial charge in [-0.05, 0) is 73.1 Å². The molecule has 0 spiro atoms. The summed E-state index contributed by atoms with van der Waals surface area (Å²) in [4.78, 5) is 15.1. The van der Waals surface area contributed by atoms with Crippen LogP contribution in [0.2, 0.25) is 0 Å². The van der Waals surface area contributed by atoms with Crippen LogP contribution in [-0.2, 0) is 4.79 Å². The molecule has 2 heteroatoms. The van der Waals surface area contributed by atoms with E-state index in [2.05, 4.69) is 80.3 Å². The lowest BCUT2D eigenvalue weighted by Crippen LogP contribution is -2.30. The molecule has 1 unspecified atom stereocenters. The largest absolute Gasteiger partial charge is 0.338 e. The number of amides is 1. The van der Waals surface area contributed by atoms with Gasteiger partial charge in [0.05, 0.1) is 0 Å². The number of hydrogen-bond acceptors (Lipinski definition) is 1. The molecule has 1 aliphatic heterocycles. The summed E-state index contributed by atoms with van der Waals surface area (Å²) in [5, 5.41) is 0. The van der Waals surface area contributed by atoms with Gasteiger partial charge in [0, 0.05) is 24.6 Å². The van der Waals surface area contributed by atoms with Gasteiger partial charge in [0.25, 0.3) is 5.91 Å². The van der Waals surface area contributed by atoms with Crippen molar-refractivity contribution in [2.75, 3.05) is 13.1 Å². The van der Waals surface area contributed by atoms with E-state index in [0.717, 1.165) is 55.3 Å². The van der Waals surface area contributed by atoms with Crippen LogP contribution in [0, 0.1) is 5.92 Å². The van der Waals surface area contributed by atoms with Crippen LogP contribution in [0.5, 0.6) is 0 Å². The third-order valence-electron chi connectivity index (χ3n) is 8.30. The SMILES string of the molecule is C=CC1=C(/C(=C\C)C(=O)N2CCC(c3ccccc3)C2)C=CCC1.CC1CCC(c2ccccc2)CC1. The summed E-state index contributed by atoms with van der Waals surface area (Å²) in [6.45, 7) is 9.88. The first-order valence-corrected chi connectivity index (χ1v) is 14.2. The molecule has 2 nitrogen and oxygen atoms in total. The molecule has 0 bridgehead atoms. The summed E-state index contributed by atoms with van der Waals surface area (Å²) < 4.78 is 0. The van der Waals surface area contributed by atoms with Crippen molar-refractivity contribution in [3.8, 4) is 0 Å². The van der Waals surface area contributed by atoms with E-state index in [9.17, 15) is 4.79 Å². The number of benzene rings is 2. The third-order valence-corrected chi connectivity index (χ3v) is 8.30. The lowest BCUT2D eigenvalue weighted by atomic mass is 9.79. The maximum atomic E-state index is 13.1. The summed E-state index contributed by atoms with van der Waals surface area (Å²) in [6.07, 6.45) is 16.7. The van der Waals surface area contributed by atoms with Gasteiger partial charge >= 0.3 is 0 Å². The minimum Gasteiger partial charge on any atom is -0.338 e. The van der Waals surface area contributed by atoms with Crippen LogP contribution in [0.3, 0.4) is 0 Å². The third kappa shape index (κ3) is 7.01. The Morgan fingerprint density at radius 2 is 1.51 bits per heavy atom. The molecule has 3 aliphatic rings. The Balaban J connectivity index is 0.000000207. The van der Waals surface area contributed by atoms with Gasteiger partial charge in [-0.25, -0.2) is 0 Å². The number of likely N-dealkylation sites (tertiary alicyclic amines) is 1. The Bertz CT molecular complexity index is 1120. The smallest absolute Gasteiger partial charge is 0.254 e. The van der Waals surface area contributed by atoms with Crippen LogP contribution >= 0.6 is 0 Å². The summed E-state index contributed by atoms with van der Waals surface area (Å²) in [6, 6.07) is 21.5. The summed E-state index contributed by atoms with van der Waals surface area (Å²) in [5.74, 6) is 2.40. The van der Waals surface area contributed by atoms with Crippen molar-refractivity contribution in [1.29, 1.82) is 0 Å². The Hall–Kier alpha value is -3.13. The first kappa shape index (κ1) is 26.9. The molecule has 1 saturated heterocycles. The van der Waals surface area contributed by atoms with Crippen molar-refractivity contribution >= 4 is 5.91 Å². The minimum absolute atomic E-state index is 0.150. The molecular weight excluding hydrogens is 450 g/mol. The van der Waals surface area contributed by atoms with Crippen molar-refractivity contribution < 1.29 is 4.79 Å². The zero-order chi connectivity index (χ0) is 26.0. The first-order valence-electron chi connectivity index (χ1n) is 14.2. The Labute approximate surface area is 224 Å². The van der Waals surface area contributed by atoms with E-state index in [0.29, 0.717) is 5.92 Å². The highest BCUT2D eigenvalue weighted by atomic mass is 16.2. The normalized spacial score (nSPS) is 23.9. The molecule has 1 saturated carbocycles. The van der Waals surface area contributed by atoms with E-state index in [4.69, 9.17) is 0 Å². The van der Waals surface area contributed by atoms with Crippen LogP contribution in [0.25, 0.3) is 0 Å². The predicted octanol–water partition coefficient (Wildman–Crippen LogP) is 8.76. The van der Waals surface area contributed by atoms with Gasteiger partial charge in [0.15, 0.2) is 0 Å². The molecule has 2 fully saturated rings. The Morgan fingerprint density at radius 1 is 0.892 bits per heavy atom. The van der Waals surface area contributed by atoms with Crippen molar-refractivity contribution in [3.05, 3.63) is 119 Å². The van der Waals surface area contributed by atoms with Crippen LogP contribution in [-0.4, -0.2) is 23.9 Å². The molecule has 37 heavy (non-hydrogen) atoms. The standard InChI is InChI=1S/C22H25NO.C13H18/c1-3-17-10-8-9-13-21(17)20(4-2)22(24)23-15-14-19(16-23)18-11-6-5-7-12-18;1-11-7-9-13(10-8-11)12-5-3-2-4-6-12/h3-7,9,11-13,19H,1,8,10,14-16H2,2H3;2-6,11,13H,7-10H2,1H3/b20-4+;. The van der Waals surface area contributed by atoms with Crippen molar-refractivity contribution in [2.45, 2.75) is 70.6 Å². The molecule has 2 aromatic carbocycles. The van der Waals surface area contributed by atoms with Crippen molar-refractivity contribution in [2.24, 2.45) is 5.92 Å². The fraction of sp³-hybridized carbons (Fsp3) is 0.400. The second-order valence-electron chi connectivity index (χ2n) is 10.8. The molecule has 0 radical (unpaired) electrons. The molecule has 2 aliphatic carbocycles. The second-order valence-corrected chi connectivity index (χ2v) is 10.8. The zero-order valence-electron chi connectivity index (χ0n) is 22.7. The van der Waals surface area contributed by atoms with E-state index < -0.39 is 0 Å². The summed E-state index contributed by atoms with van der Waals surface area (Å²) in [7, 11) is 0. The second kappa shape index (κ2) is 13.4. The maximum Gasteiger partial charge on any atom is 0.254 e. The monoisotopic (exact) mass is 493 g/mol. The molecule has 5 rings (SSSR count). The van der Waals surface area contributed by atoms with Crippen LogP contribution in [0.15, 0.2) is 108 Å².